The molecule has 0 aromatic heterocycles. The molecule has 0 spiro atoms. The Hall–Kier alpha value is -3.91. The van der Waals surface area contributed by atoms with E-state index in [0.717, 1.165) is 34.0 Å². The molecule has 0 bridgehead atoms. The SMILES string of the molecule is Cc1ccccc1CN1C(=O)S/C(=C\c2ccc(OCc3ccc([N+](=O)[O-])cc3)cc2)C1=O. The summed E-state index contributed by atoms with van der Waals surface area (Å²) in [5.41, 5.74) is 3.60. The molecule has 0 unspecified atom stereocenters. The highest BCUT2D eigenvalue weighted by Gasteiger charge is 2.35. The standard InChI is InChI=1S/C25H20N2O5S/c1-17-4-2-3-5-20(17)15-26-24(28)23(33-25(26)29)14-18-8-12-22(13-9-18)32-16-19-6-10-21(11-7-19)27(30)31/h2-14H,15-16H2,1H3/b23-14-. The number of imide groups is 1. The van der Waals surface area contributed by atoms with Crippen LogP contribution in [0.25, 0.3) is 6.08 Å². The molecule has 0 atom stereocenters. The van der Waals surface area contributed by atoms with E-state index < -0.39 is 4.92 Å². The molecule has 166 valence electrons. The van der Waals surface area contributed by atoms with Crippen molar-refractivity contribution in [1.29, 1.82) is 0 Å². The number of nitro groups is 1. The number of hydrogen-bond donors (Lipinski definition) is 0. The Balaban J connectivity index is 1.39. The van der Waals surface area contributed by atoms with Gasteiger partial charge in [0.25, 0.3) is 16.8 Å². The second-order valence-electron chi connectivity index (χ2n) is 7.48. The van der Waals surface area contributed by atoms with Gasteiger partial charge in [-0.3, -0.25) is 24.6 Å². The molecule has 8 heteroatoms. The van der Waals surface area contributed by atoms with E-state index in [1.54, 1.807) is 42.5 Å². The molecule has 0 radical (unpaired) electrons. The van der Waals surface area contributed by atoms with Crippen LogP contribution in [0.1, 0.15) is 22.3 Å². The van der Waals surface area contributed by atoms with Crippen LogP contribution in [0.15, 0.2) is 77.7 Å². The van der Waals surface area contributed by atoms with Crippen molar-refractivity contribution in [3.63, 3.8) is 0 Å². The van der Waals surface area contributed by atoms with Gasteiger partial charge in [-0.1, -0.05) is 36.4 Å². The molecule has 7 nitrogen and oxygen atoms in total. The van der Waals surface area contributed by atoms with Gasteiger partial charge in [0, 0.05) is 12.1 Å². The van der Waals surface area contributed by atoms with Crippen LogP contribution in [-0.2, 0) is 17.9 Å². The van der Waals surface area contributed by atoms with E-state index in [1.165, 1.54) is 17.0 Å². The predicted molar refractivity (Wildman–Crippen MR) is 127 cm³/mol. The lowest BCUT2D eigenvalue weighted by molar-refractivity contribution is -0.384. The number of nitro benzene ring substituents is 1. The molecule has 3 aromatic rings. The van der Waals surface area contributed by atoms with Crippen molar-refractivity contribution in [2.75, 3.05) is 0 Å². The average molecular weight is 461 g/mol. The van der Waals surface area contributed by atoms with Crippen LogP contribution in [-0.4, -0.2) is 21.0 Å². The summed E-state index contributed by atoms with van der Waals surface area (Å²) in [5, 5.41) is 10.4. The highest BCUT2D eigenvalue weighted by Crippen LogP contribution is 2.33. The van der Waals surface area contributed by atoms with Crippen LogP contribution < -0.4 is 4.74 Å². The molecule has 1 saturated heterocycles. The van der Waals surface area contributed by atoms with Crippen molar-refractivity contribution in [2.45, 2.75) is 20.1 Å². The van der Waals surface area contributed by atoms with Crippen LogP contribution in [0, 0.1) is 17.0 Å². The molecule has 1 aliphatic heterocycles. The van der Waals surface area contributed by atoms with Crippen LogP contribution in [0.3, 0.4) is 0 Å². The Kier molecular flexibility index (Phi) is 6.55. The minimum Gasteiger partial charge on any atom is -0.489 e. The van der Waals surface area contributed by atoms with E-state index in [9.17, 15) is 19.7 Å². The zero-order valence-corrected chi connectivity index (χ0v) is 18.6. The number of rotatable bonds is 7. The van der Waals surface area contributed by atoms with Crippen LogP contribution in [0.2, 0.25) is 0 Å². The van der Waals surface area contributed by atoms with E-state index >= 15 is 0 Å². The Morgan fingerprint density at radius 2 is 1.70 bits per heavy atom. The maximum Gasteiger partial charge on any atom is 0.293 e. The van der Waals surface area contributed by atoms with Gasteiger partial charge in [0.15, 0.2) is 0 Å². The number of aryl methyl sites for hydroxylation is 1. The summed E-state index contributed by atoms with van der Waals surface area (Å²) in [6.45, 7) is 2.48. The van der Waals surface area contributed by atoms with Gasteiger partial charge in [0.1, 0.15) is 12.4 Å². The molecule has 1 aliphatic rings. The summed E-state index contributed by atoms with van der Waals surface area (Å²) < 4.78 is 5.73. The molecule has 0 saturated carbocycles. The Morgan fingerprint density at radius 1 is 1.00 bits per heavy atom. The lowest BCUT2D eigenvalue weighted by Gasteiger charge is -2.14. The molecule has 0 aliphatic carbocycles. The third kappa shape index (κ3) is 5.30. The van der Waals surface area contributed by atoms with Gasteiger partial charge >= 0.3 is 0 Å². The number of nitrogens with zero attached hydrogens (tertiary/aromatic N) is 2. The molecule has 1 heterocycles. The zero-order chi connectivity index (χ0) is 23.4. The third-order valence-corrected chi connectivity index (χ3v) is 6.10. The molecule has 33 heavy (non-hydrogen) atoms. The first kappa shape index (κ1) is 22.3. The van der Waals surface area contributed by atoms with Crippen molar-refractivity contribution in [3.8, 4) is 5.75 Å². The molecule has 2 amide bonds. The number of hydrogen-bond acceptors (Lipinski definition) is 6. The van der Waals surface area contributed by atoms with E-state index in [0.29, 0.717) is 10.7 Å². The fourth-order valence-electron chi connectivity index (χ4n) is 3.29. The Labute approximate surface area is 194 Å². The topological polar surface area (TPSA) is 89.8 Å². The highest BCUT2D eigenvalue weighted by molar-refractivity contribution is 8.18. The monoisotopic (exact) mass is 460 g/mol. The summed E-state index contributed by atoms with van der Waals surface area (Å²) in [4.78, 5) is 37.1. The lowest BCUT2D eigenvalue weighted by atomic mass is 10.1. The first-order valence-electron chi connectivity index (χ1n) is 10.2. The van der Waals surface area contributed by atoms with Gasteiger partial charge < -0.3 is 4.74 Å². The van der Waals surface area contributed by atoms with Gasteiger partial charge in [-0.15, -0.1) is 0 Å². The first-order chi connectivity index (χ1) is 15.9. The molecule has 4 rings (SSSR count). The van der Waals surface area contributed by atoms with Crippen molar-refractivity contribution in [1.82, 2.24) is 4.90 Å². The van der Waals surface area contributed by atoms with Crippen molar-refractivity contribution in [3.05, 3.63) is 110 Å². The number of thioether (sulfide) groups is 1. The maximum atomic E-state index is 12.8. The largest absolute Gasteiger partial charge is 0.489 e. The minimum absolute atomic E-state index is 0.0337. The summed E-state index contributed by atoms with van der Waals surface area (Å²) in [6.07, 6.45) is 1.70. The second kappa shape index (κ2) is 9.70. The Morgan fingerprint density at radius 3 is 2.36 bits per heavy atom. The van der Waals surface area contributed by atoms with Gasteiger partial charge in [0.2, 0.25) is 0 Å². The van der Waals surface area contributed by atoms with E-state index in [4.69, 9.17) is 4.74 Å². The quantitative estimate of drug-likeness (QED) is 0.255. The smallest absolute Gasteiger partial charge is 0.293 e. The van der Waals surface area contributed by atoms with Crippen molar-refractivity contribution < 1.29 is 19.2 Å². The first-order valence-corrected chi connectivity index (χ1v) is 11.0. The van der Waals surface area contributed by atoms with Gasteiger partial charge in [-0.05, 0) is 71.3 Å². The number of ether oxygens (including phenoxy) is 1. The van der Waals surface area contributed by atoms with E-state index in [2.05, 4.69) is 0 Å². The van der Waals surface area contributed by atoms with Crippen LogP contribution in [0.4, 0.5) is 10.5 Å². The molecule has 3 aromatic carbocycles. The van der Waals surface area contributed by atoms with Crippen LogP contribution >= 0.6 is 11.8 Å². The van der Waals surface area contributed by atoms with Gasteiger partial charge in [-0.2, -0.15) is 0 Å². The molecular weight excluding hydrogens is 440 g/mol. The normalized spacial score (nSPS) is 14.7. The number of non-ortho nitro benzene ring substituents is 1. The fourth-order valence-corrected chi connectivity index (χ4v) is 4.12. The number of benzene rings is 3. The molecule has 1 fully saturated rings. The second-order valence-corrected chi connectivity index (χ2v) is 8.47. The predicted octanol–water partition coefficient (Wildman–Crippen LogP) is 5.72. The fraction of sp³-hybridized carbons (Fsp3) is 0.120. The summed E-state index contributed by atoms with van der Waals surface area (Å²) in [5.74, 6) is 0.324. The van der Waals surface area contributed by atoms with Gasteiger partial charge in [-0.25, -0.2) is 0 Å². The summed E-state index contributed by atoms with van der Waals surface area (Å²) >= 11 is 0.936. The minimum atomic E-state index is -0.444. The Bertz CT molecular complexity index is 1240. The zero-order valence-electron chi connectivity index (χ0n) is 17.8. The number of amides is 2. The van der Waals surface area contributed by atoms with Crippen LogP contribution in [0.5, 0.6) is 5.75 Å². The molecule has 0 N–H and O–H groups in total. The van der Waals surface area contributed by atoms with Crippen molar-refractivity contribution in [2.24, 2.45) is 0 Å². The average Bonchev–Trinajstić information content (AvgIpc) is 3.07. The molecular formula is C25H20N2O5S. The van der Waals surface area contributed by atoms with Crippen molar-refractivity contribution >= 4 is 34.7 Å². The number of carbonyl (C=O) groups excluding carboxylic acids is 2. The van der Waals surface area contributed by atoms with Gasteiger partial charge in [0.05, 0.1) is 16.4 Å². The summed E-state index contributed by atoms with van der Waals surface area (Å²) in [7, 11) is 0. The van der Waals surface area contributed by atoms with E-state index in [-0.39, 0.29) is 30.0 Å². The summed E-state index contributed by atoms with van der Waals surface area (Å²) in [6, 6.07) is 21.0. The lowest BCUT2D eigenvalue weighted by Crippen LogP contribution is -2.27. The number of carbonyl (C=O) groups is 2. The maximum absolute atomic E-state index is 12.8. The van der Waals surface area contributed by atoms with E-state index in [1.807, 2.05) is 31.2 Å². The highest BCUT2D eigenvalue weighted by atomic mass is 32.2. The third-order valence-electron chi connectivity index (χ3n) is 5.19.